The van der Waals surface area contributed by atoms with Crippen LogP contribution in [-0.4, -0.2) is 12.5 Å². The Morgan fingerprint density at radius 3 is 2.42 bits per heavy atom. The fourth-order valence-electron chi connectivity index (χ4n) is 2.89. The summed E-state index contributed by atoms with van der Waals surface area (Å²) in [5.74, 6) is 0.582. The lowest BCUT2D eigenvalue weighted by atomic mass is 10.0. The number of amides is 1. The monoisotopic (exact) mass is 345 g/mol. The number of aryl methyl sites for hydroxylation is 2. The van der Waals surface area contributed by atoms with Gasteiger partial charge in [-0.1, -0.05) is 66.2 Å². The van der Waals surface area contributed by atoms with Crippen LogP contribution in [0.3, 0.4) is 0 Å². The first-order valence-corrected chi connectivity index (χ1v) is 8.73. The zero-order valence-corrected chi connectivity index (χ0v) is 15.2. The molecule has 0 heterocycles. The largest absolute Gasteiger partial charge is 0.483 e. The van der Waals surface area contributed by atoms with Gasteiger partial charge in [0.15, 0.2) is 6.61 Å². The Morgan fingerprint density at radius 1 is 0.923 bits per heavy atom. The minimum atomic E-state index is -0.161. The maximum absolute atomic E-state index is 12.3. The predicted octanol–water partition coefficient (Wildman–Crippen LogP) is 4.91. The molecule has 0 spiro atoms. The highest BCUT2D eigenvalue weighted by molar-refractivity contribution is 5.92. The maximum Gasteiger partial charge on any atom is 0.262 e. The summed E-state index contributed by atoms with van der Waals surface area (Å²) in [5.41, 5.74) is 5.32. The molecule has 1 amide bonds. The van der Waals surface area contributed by atoms with E-state index in [1.165, 1.54) is 11.1 Å². The smallest absolute Gasteiger partial charge is 0.262 e. The number of para-hydroxylation sites is 1. The van der Waals surface area contributed by atoms with E-state index in [0.717, 1.165) is 29.0 Å². The summed E-state index contributed by atoms with van der Waals surface area (Å²) >= 11 is 0. The SMILES string of the molecule is Cc1ccc(NC(=O)COc2ccccc2Cc2ccccc2)c(C)c1. The third-order valence-corrected chi connectivity index (χ3v) is 4.22. The zero-order valence-electron chi connectivity index (χ0n) is 15.2. The molecule has 3 nitrogen and oxygen atoms in total. The van der Waals surface area contributed by atoms with Crippen molar-refractivity contribution in [1.82, 2.24) is 0 Å². The van der Waals surface area contributed by atoms with Crippen LogP contribution in [0.4, 0.5) is 5.69 Å². The van der Waals surface area contributed by atoms with Crippen molar-refractivity contribution in [1.29, 1.82) is 0 Å². The summed E-state index contributed by atoms with van der Waals surface area (Å²) in [5, 5.41) is 2.91. The molecule has 0 saturated carbocycles. The van der Waals surface area contributed by atoms with E-state index < -0.39 is 0 Å². The Bertz CT molecular complexity index is 888. The summed E-state index contributed by atoms with van der Waals surface area (Å²) < 4.78 is 5.79. The van der Waals surface area contributed by atoms with Crippen molar-refractivity contribution >= 4 is 11.6 Å². The van der Waals surface area contributed by atoms with Gasteiger partial charge in [0.1, 0.15) is 5.75 Å². The Morgan fingerprint density at radius 2 is 1.65 bits per heavy atom. The van der Waals surface area contributed by atoms with Gasteiger partial charge in [-0.25, -0.2) is 0 Å². The van der Waals surface area contributed by atoms with Crippen molar-refractivity contribution in [3.05, 3.63) is 95.1 Å². The molecule has 26 heavy (non-hydrogen) atoms. The third-order valence-electron chi connectivity index (χ3n) is 4.22. The number of benzene rings is 3. The lowest BCUT2D eigenvalue weighted by Crippen LogP contribution is -2.21. The molecule has 0 saturated heterocycles. The molecular weight excluding hydrogens is 322 g/mol. The molecular formula is C23H23NO2. The standard InChI is InChI=1S/C23H23NO2/c1-17-12-13-21(18(2)14-17)24-23(25)16-26-22-11-7-6-10-20(22)15-19-8-4-3-5-9-19/h3-14H,15-16H2,1-2H3,(H,24,25). The molecule has 0 aliphatic rings. The highest BCUT2D eigenvalue weighted by Gasteiger charge is 2.09. The summed E-state index contributed by atoms with van der Waals surface area (Å²) in [6.45, 7) is 4.00. The summed E-state index contributed by atoms with van der Waals surface area (Å²) in [6.07, 6.45) is 0.774. The zero-order chi connectivity index (χ0) is 18.4. The highest BCUT2D eigenvalue weighted by atomic mass is 16.5. The fraction of sp³-hybridized carbons (Fsp3) is 0.174. The van der Waals surface area contributed by atoms with Gasteiger partial charge in [0.25, 0.3) is 5.91 Å². The van der Waals surface area contributed by atoms with Crippen LogP contribution in [0.15, 0.2) is 72.8 Å². The lowest BCUT2D eigenvalue weighted by Gasteiger charge is -2.13. The van der Waals surface area contributed by atoms with Crippen molar-refractivity contribution in [3.63, 3.8) is 0 Å². The van der Waals surface area contributed by atoms with E-state index in [2.05, 4.69) is 17.4 Å². The molecule has 0 radical (unpaired) electrons. The van der Waals surface area contributed by atoms with Gasteiger partial charge in [0, 0.05) is 12.1 Å². The van der Waals surface area contributed by atoms with Gasteiger partial charge in [-0.15, -0.1) is 0 Å². The number of ether oxygens (including phenoxy) is 1. The molecule has 0 unspecified atom stereocenters. The van der Waals surface area contributed by atoms with Crippen LogP contribution in [-0.2, 0) is 11.2 Å². The van der Waals surface area contributed by atoms with Crippen LogP contribution in [0.2, 0.25) is 0 Å². The Hall–Kier alpha value is -3.07. The number of rotatable bonds is 6. The normalized spacial score (nSPS) is 10.4. The molecule has 3 aromatic carbocycles. The maximum atomic E-state index is 12.3. The Labute approximate surface area is 154 Å². The van der Waals surface area contributed by atoms with Crippen LogP contribution < -0.4 is 10.1 Å². The molecule has 3 rings (SSSR count). The number of nitrogens with one attached hydrogen (secondary N) is 1. The van der Waals surface area contributed by atoms with E-state index in [-0.39, 0.29) is 12.5 Å². The van der Waals surface area contributed by atoms with Gasteiger partial charge in [-0.2, -0.15) is 0 Å². The van der Waals surface area contributed by atoms with Crippen molar-refractivity contribution in [2.24, 2.45) is 0 Å². The summed E-state index contributed by atoms with van der Waals surface area (Å²) in [6, 6.07) is 24.0. The summed E-state index contributed by atoms with van der Waals surface area (Å²) in [7, 11) is 0. The van der Waals surface area contributed by atoms with Gasteiger partial charge < -0.3 is 10.1 Å². The van der Waals surface area contributed by atoms with Crippen LogP contribution in [0.25, 0.3) is 0 Å². The number of carbonyl (C=O) groups is 1. The fourth-order valence-corrected chi connectivity index (χ4v) is 2.89. The van der Waals surface area contributed by atoms with E-state index >= 15 is 0 Å². The number of carbonyl (C=O) groups excluding carboxylic acids is 1. The minimum absolute atomic E-state index is 0.0148. The Balaban J connectivity index is 1.63. The molecule has 1 N–H and O–H groups in total. The first kappa shape index (κ1) is 17.7. The third kappa shape index (κ3) is 4.73. The molecule has 3 heteroatoms. The Kier molecular flexibility index (Phi) is 5.69. The highest BCUT2D eigenvalue weighted by Crippen LogP contribution is 2.22. The lowest BCUT2D eigenvalue weighted by molar-refractivity contribution is -0.118. The first-order valence-electron chi connectivity index (χ1n) is 8.73. The van der Waals surface area contributed by atoms with Gasteiger partial charge in [-0.3, -0.25) is 4.79 Å². The quantitative estimate of drug-likeness (QED) is 0.689. The van der Waals surface area contributed by atoms with E-state index in [0.29, 0.717) is 0 Å². The van der Waals surface area contributed by atoms with Gasteiger partial charge >= 0.3 is 0 Å². The molecule has 3 aromatic rings. The average molecular weight is 345 g/mol. The predicted molar refractivity (Wildman–Crippen MR) is 106 cm³/mol. The van der Waals surface area contributed by atoms with Crippen molar-refractivity contribution in [3.8, 4) is 5.75 Å². The van der Waals surface area contributed by atoms with Crippen molar-refractivity contribution in [2.45, 2.75) is 20.3 Å². The van der Waals surface area contributed by atoms with Crippen LogP contribution >= 0.6 is 0 Å². The second kappa shape index (κ2) is 8.34. The van der Waals surface area contributed by atoms with Crippen LogP contribution in [0.1, 0.15) is 22.3 Å². The van der Waals surface area contributed by atoms with E-state index in [4.69, 9.17) is 4.74 Å². The van der Waals surface area contributed by atoms with E-state index in [1.807, 2.05) is 74.5 Å². The van der Waals surface area contributed by atoms with Gasteiger partial charge in [0.2, 0.25) is 0 Å². The molecule has 0 aliphatic carbocycles. The molecule has 0 aliphatic heterocycles. The number of anilines is 1. The first-order chi connectivity index (χ1) is 12.6. The topological polar surface area (TPSA) is 38.3 Å². The molecule has 132 valence electrons. The number of hydrogen-bond donors (Lipinski definition) is 1. The van der Waals surface area contributed by atoms with E-state index in [1.54, 1.807) is 0 Å². The molecule has 0 fully saturated rings. The van der Waals surface area contributed by atoms with Crippen molar-refractivity contribution < 1.29 is 9.53 Å². The second-order valence-electron chi connectivity index (χ2n) is 6.43. The van der Waals surface area contributed by atoms with Crippen molar-refractivity contribution in [2.75, 3.05) is 11.9 Å². The van der Waals surface area contributed by atoms with Crippen LogP contribution in [0.5, 0.6) is 5.75 Å². The molecule has 0 atom stereocenters. The van der Waals surface area contributed by atoms with Crippen LogP contribution in [0, 0.1) is 13.8 Å². The molecule has 0 aromatic heterocycles. The van der Waals surface area contributed by atoms with E-state index in [9.17, 15) is 4.79 Å². The summed E-state index contributed by atoms with van der Waals surface area (Å²) in [4.78, 5) is 12.3. The van der Waals surface area contributed by atoms with Gasteiger partial charge in [-0.05, 0) is 42.7 Å². The molecule has 0 bridgehead atoms. The minimum Gasteiger partial charge on any atom is -0.483 e. The van der Waals surface area contributed by atoms with Gasteiger partial charge in [0.05, 0.1) is 0 Å². The average Bonchev–Trinajstić information content (AvgIpc) is 2.64. The number of hydrogen-bond acceptors (Lipinski definition) is 2. The second-order valence-corrected chi connectivity index (χ2v) is 6.43.